The van der Waals surface area contributed by atoms with Crippen LogP contribution in [-0.2, 0) is 16.1 Å². The summed E-state index contributed by atoms with van der Waals surface area (Å²) in [6, 6.07) is 15.6. The van der Waals surface area contributed by atoms with Crippen LogP contribution in [0.3, 0.4) is 0 Å². The number of hydrogen-bond donors (Lipinski definition) is 0. The molecule has 166 valence electrons. The van der Waals surface area contributed by atoms with E-state index >= 15 is 0 Å². The smallest absolute Gasteiger partial charge is 0.357 e. The molecule has 0 radical (unpaired) electrons. The summed E-state index contributed by atoms with van der Waals surface area (Å²) in [6.45, 7) is 0.0137. The van der Waals surface area contributed by atoms with Crippen LogP contribution in [0.2, 0.25) is 0 Å². The van der Waals surface area contributed by atoms with Gasteiger partial charge in [0.15, 0.2) is 12.3 Å². The minimum Gasteiger partial charge on any atom is -0.451 e. The van der Waals surface area contributed by atoms with Crippen molar-refractivity contribution in [3.63, 3.8) is 0 Å². The third kappa shape index (κ3) is 5.22. The Labute approximate surface area is 186 Å². The van der Waals surface area contributed by atoms with E-state index in [4.69, 9.17) is 4.74 Å². The Morgan fingerprint density at radius 2 is 1.75 bits per heavy atom. The van der Waals surface area contributed by atoms with Crippen LogP contribution < -0.4 is 0 Å². The van der Waals surface area contributed by atoms with E-state index < -0.39 is 5.97 Å². The van der Waals surface area contributed by atoms with Crippen molar-refractivity contribution in [2.24, 2.45) is 0 Å². The highest BCUT2D eigenvalue weighted by Crippen LogP contribution is 2.24. The van der Waals surface area contributed by atoms with Gasteiger partial charge in [0.05, 0.1) is 12.5 Å². The molecule has 0 aliphatic heterocycles. The van der Waals surface area contributed by atoms with Crippen LogP contribution in [0.15, 0.2) is 67.1 Å². The van der Waals surface area contributed by atoms with Gasteiger partial charge in [0.25, 0.3) is 5.91 Å². The first kappa shape index (κ1) is 21.7. The van der Waals surface area contributed by atoms with Gasteiger partial charge in [-0.3, -0.25) is 9.36 Å². The highest BCUT2D eigenvalue weighted by atomic mass is 19.1. The number of amides is 1. The molecule has 0 bridgehead atoms. The van der Waals surface area contributed by atoms with Gasteiger partial charge < -0.3 is 9.64 Å². The van der Waals surface area contributed by atoms with Crippen molar-refractivity contribution in [2.75, 3.05) is 6.61 Å². The molecule has 0 atom stereocenters. The van der Waals surface area contributed by atoms with Gasteiger partial charge in [-0.15, -0.1) is 0 Å². The molecule has 7 heteroatoms. The molecule has 0 saturated heterocycles. The summed E-state index contributed by atoms with van der Waals surface area (Å²) in [5.74, 6) is -1.17. The van der Waals surface area contributed by atoms with E-state index in [0.717, 1.165) is 43.4 Å². The second-order valence-electron chi connectivity index (χ2n) is 8.00. The van der Waals surface area contributed by atoms with Crippen LogP contribution >= 0.6 is 0 Å². The van der Waals surface area contributed by atoms with Crippen LogP contribution in [0, 0.1) is 5.82 Å². The first-order valence-electron chi connectivity index (χ1n) is 10.9. The predicted octanol–water partition coefficient (Wildman–Crippen LogP) is 4.53. The minimum atomic E-state index is -0.606. The lowest BCUT2D eigenvalue weighted by molar-refractivity contribution is -0.138. The van der Waals surface area contributed by atoms with E-state index in [1.807, 2.05) is 30.3 Å². The zero-order valence-electron chi connectivity index (χ0n) is 17.8. The first-order valence-corrected chi connectivity index (χ1v) is 10.9. The Morgan fingerprint density at radius 3 is 2.47 bits per heavy atom. The van der Waals surface area contributed by atoms with Gasteiger partial charge in [-0.05, 0) is 42.7 Å². The number of esters is 1. The molecule has 2 aromatic carbocycles. The number of halogens is 1. The molecule has 32 heavy (non-hydrogen) atoms. The normalized spacial score (nSPS) is 14.2. The van der Waals surface area contributed by atoms with E-state index in [1.165, 1.54) is 24.7 Å². The summed E-state index contributed by atoms with van der Waals surface area (Å²) >= 11 is 0. The fourth-order valence-corrected chi connectivity index (χ4v) is 4.12. The Kier molecular flexibility index (Phi) is 6.94. The van der Waals surface area contributed by atoms with Crippen molar-refractivity contribution in [2.45, 2.75) is 44.7 Å². The average molecular weight is 435 g/mol. The van der Waals surface area contributed by atoms with E-state index in [-0.39, 0.29) is 30.1 Å². The van der Waals surface area contributed by atoms with Crippen LogP contribution in [0.1, 0.15) is 48.2 Å². The fourth-order valence-electron chi connectivity index (χ4n) is 4.12. The number of para-hydroxylation sites is 1. The lowest BCUT2D eigenvalue weighted by atomic mass is 9.93. The predicted molar refractivity (Wildman–Crippen MR) is 118 cm³/mol. The topological polar surface area (TPSA) is 64.4 Å². The number of carbonyl (C=O) groups is 2. The summed E-state index contributed by atoms with van der Waals surface area (Å²) in [6.07, 6.45) is 8.09. The molecule has 1 aromatic heterocycles. The highest BCUT2D eigenvalue weighted by Gasteiger charge is 2.27. The number of rotatable bonds is 7. The zero-order valence-corrected chi connectivity index (χ0v) is 17.8. The van der Waals surface area contributed by atoms with Crippen LogP contribution in [-0.4, -0.2) is 39.0 Å². The third-order valence-corrected chi connectivity index (χ3v) is 5.81. The van der Waals surface area contributed by atoms with Gasteiger partial charge >= 0.3 is 5.97 Å². The maximum absolute atomic E-state index is 13.3. The van der Waals surface area contributed by atoms with E-state index in [0.29, 0.717) is 6.54 Å². The van der Waals surface area contributed by atoms with Gasteiger partial charge in [0.2, 0.25) is 0 Å². The number of aromatic nitrogens is 2. The number of benzene rings is 2. The lowest BCUT2D eigenvalue weighted by Crippen LogP contribution is -2.43. The van der Waals surface area contributed by atoms with Crippen molar-refractivity contribution in [3.05, 3.63) is 84.2 Å². The molecule has 0 N–H and O–H groups in total. The second-order valence-corrected chi connectivity index (χ2v) is 8.00. The number of imidazole rings is 1. The van der Waals surface area contributed by atoms with Gasteiger partial charge in [-0.25, -0.2) is 14.2 Å². The van der Waals surface area contributed by atoms with Crippen molar-refractivity contribution < 1.29 is 18.7 Å². The van der Waals surface area contributed by atoms with Crippen molar-refractivity contribution in [1.82, 2.24) is 14.5 Å². The summed E-state index contributed by atoms with van der Waals surface area (Å²) in [7, 11) is 0. The maximum atomic E-state index is 13.3. The molecule has 1 fully saturated rings. The van der Waals surface area contributed by atoms with Crippen molar-refractivity contribution in [1.29, 1.82) is 0 Å². The number of carbonyl (C=O) groups excluding carboxylic acids is 2. The lowest BCUT2D eigenvalue weighted by Gasteiger charge is -2.34. The van der Waals surface area contributed by atoms with Gasteiger partial charge in [-0.2, -0.15) is 0 Å². The third-order valence-electron chi connectivity index (χ3n) is 5.81. The Balaban J connectivity index is 1.44. The summed E-state index contributed by atoms with van der Waals surface area (Å²) in [4.78, 5) is 31.6. The molecule has 0 spiro atoms. The Bertz CT molecular complexity index is 1040. The largest absolute Gasteiger partial charge is 0.451 e. The minimum absolute atomic E-state index is 0.0925. The average Bonchev–Trinajstić information content (AvgIpc) is 3.33. The first-order chi connectivity index (χ1) is 15.6. The number of nitrogens with zero attached hydrogens (tertiary/aromatic N) is 3. The molecule has 1 aliphatic carbocycles. The SMILES string of the molecule is O=C(OCC(=O)N(Cc1ccc(F)cc1)C1CCCCC1)c1cncn1-c1ccccc1. The molecule has 6 nitrogen and oxygen atoms in total. The molecule has 3 aromatic rings. The Morgan fingerprint density at radius 1 is 1.03 bits per heavy atom. The number of ether oxygens (including phenoxy) is 1. The Hall–Kier alpha value is -3.48. The molecular formula is C25H26FN3O3. The molecule has 1 saturated carbocycles. The van der Waals surface area contributed by atoms with E-state index in [1.54, 1.807) is 21.6 Å². The van der Waals surface area contributed by atoms with Gasteiger partial charge in [-0.1, -0.05) is 49.6 Å². The fraction of sp³-hybridized carbons (Fsp3) is 0.320. The summed E-state index contributed by atoms with van der Waals surface area (Å²) in [5, 5.41) is 0. The molecular weight excluding hydrogens is 409 g/mol. The summed E-state index contributed by atoms with van der Waals surface area (Å²) in [5.41, 5.74) is 1.88. The zero-order chi connectivity index (χ0) is 22.3. The van der Waals surface area contributed by atoms with Gasteiger partial charge in [0.1, 0.15) is 5.82 Å². The van der Waals surface area contributed by atoms with E-state index in [2.05, 4.69) is 4.98 Å². The second kappa shape index (κ2) is 10.2. The van der Waals surface area contributed by atoms with Crippen LogP contribution in [0.5, 0.6) is 0 Å². The standard InChI is InChI=1S/C25H26FN3O3/c26-20-13-11-19(12-14-20)16-28(21-7-3-1-4-8-21)24(30)17-32-25(31)23-15-27-18-29(23)22-9-5-2-6-10-22/h2,5-6,9-15,18,21H,1,3-4,7-8,16-17H2. The quantitative estimate of drug-likeness (QED) is 0.512. The van der Waals surface area contributed by atoms with Crippen LogP contribution in [0.25, 0.3) is 5.69 Å². The maximum Gasteiger partial charge on any atom is 0.357 e. The van der Waals surface area contributed by atoms with Gasteiger partial charge in [0, 0.05) is 18.3 Å². The monoisotopic (exact) mass is 435 g/mol. The van der Waals surface area contributed by atoms with Crippen molar-refractivity contribution in [3.8, 4) is 5.69 Å². The highest BCUT2D eigenvalue weighted by molar-refractivity contribution is 5.90. The van der Waals surface area contributed by atoms with Crippen LogP contribution in [0.4, 0.5) is 4.39 Å². The summed E-state index contributed by atoms with van der Waals surface area (Å²) < 4.78 is 20.3. The number of hydrogen-bond acceptors (Lipinski definition) is 4. The van der Waals surface area contributed by atoms with Crippen molar-refractivity contribution >= 4 is 11.9 Å². The molecule has 1 heterocycles. The molecule has 1 amide bonds. The molecule has 0 unspecified atom stereocenters. The van der Waals surface area contributed by atoms with E-state index in [9.17, 15) is 14.0 Å². The molecule has 1 aliphatic rings. The molecule has 4 rings (SSSR count).